The van der Waals surface area contributed by atoms with Crippen molar-refractivity contribution in [1.29, 1.82) is 0 Å². The van der Waals surface area contributed by atoms with Gasteiger partial charge in [0.1, 0.15) is 11.5 Å². The lowest BCUT2D eigenvalue weighted by atomic mass is 9.64. The van der Waals surface area contributed by atoms with E-state index in [0.717, 1.165) is 11.1 Å². The molecule has 0 unspecified atom stereocenters. The highest BCUT2D eigenvalue weighted by Gasteiger charge is 2.49. The molecule has 0 fully saturated rings. The number of aliphatic hydroxyl groups is 1. The molecule has 6 heteroatoms. The first-order chi connectivity index (χ1) is 11.8. The van der Waals surface area contributed by atoms with E-state index >= 15 is 0 Å². The second kappa shape index (κ2) is 6.19. The average Bonchev–Trinajstić information content (AvgIpc) is 2.91. The number of aryl methyl sites for hydroxylation is 1. The number of methoxy groups -OCH3 is 2. The molecule has 1 aromatic carbocycles. The molecule has 0 aliphatic heterocycles. The number of ether oxygens (including phenoxy) is 2. The van der Waals surface area contributed by atoms with Crippen LogP contribution in [-0.4, -0.2) is 35.9 Å². The van der Waals surface area contributed by atoms with Crippen LogP contribution in [0.5, 0.6) is 11.5 Å². The summed E-state index contributed by atoms with van der Waals surface area (Å²) in [5, 5.41) is 15.1. The summed E-state index contributed by atoms with van der Waals surface area (Å²) in [5.74, 6) is 0.810. The molecule has 1 aliphatic carbocycles. The fourth-order valence-electron chi connectivity index (χ4n) is 4.00. The quantitative estimate of drug-likeness (QED) is 0.917. The van der Waals surface area contributed by atoms with Crippen LogP contribution in [0.15, 0.2) is 22.7 Å². The number of hydrogen-bond acceptors (Lipinski definition) is 6. The van der Waals surface area contributed by atoms with Crippen LogP contribution in [0.3, 0.4) is 0 Å². The number of nitrogens with zero attached hydrogens (tertiary/aromatic N) is 1. The topological polar surface area (TPSA) is 81.8 Å². The van der Waals surface area contributed by atoms with E-state index in [1.54, 1.807) is 27.2 Å². The number of fused-ring (bicyclic) bond motifs is 1. The number of benzene rings is 1. The third-order valence-electron chi connectivity index (χ3n) is 5.03. The second-order valence-electron chi connectivity index (χ2n) is 6.81. The number of ketones is 1. The highest BCUT2D eigenvalue weighted by Crippen LogP contribution is 2.48. The first kappa shape index (κ1) is 17.5. The fourth-order valence-corrected chi connectivity index (χ4v) is 4.00. The summed E-state index contributed by atoms with van der Waals surface area (Å²) in [4.78, 5) is 12.5. The maximum atomic E-state index is 12.5. The Bertz CT molecular complexity index is 808. The van der Waals surface area contributed by atoms with Crippen molar-refractivity contribution in [1.82, 2.24) is 5.16 Å². The van der Waals surface area contributed by atoms with Crippen LogP contribution in [0.2, 0.25) is 0 Å². The molecule has 0 saturated heterocycles. The molecule has 1 aromatic heterocycles. The Morgan fingerprint density at radius 2 is 2.00 bits per heavy atom. The molecule has 2 aromatic rings. The Kier molecular flexibility index (Phi) is 4.33. The van der Waals surface area contributed by atoms with Gasteiger partial charge in [-0.05, 0) is 38.5 Å². The summed E-state index contributed by atoms with van der Waals surface area (Å²) in [7, 11) is 3.14. The molecule has 1 N–H and O–H groups in total. The summed E-state index contributed by atoms with van der Waals surface area (Å²) in [6, 6.07) is 5.54. The maximum Gasteiger partial charge on any atom is 0.161 e. The van der Waals surface area contributed by atoms with Gasteiger partial charge < -0.3 is 19.1 Å². The summed E-state index contributed by atoms with van der Waals surface area (Å²) in [6.07, 6.45) is 0.285. The molecule has 134 valence electrons. The van der Waals surface area contributed by atoms with Gasteiger partial charge in [0.2, 0.25) is 0 Å². The second-order valence-corrected chi connectivity index (χ2v) is 6.81. The average molecular weight is 345 g/mol. The Morgan fingerprint density at radius 3 is 2.60 bits per heavy atom. The van der Waals surface area contributed by atoms with Crippen LogP contribution >= 0.6 is 0 Å². The van der Waals surface area contributed by atoms with Gasteiger partial charge in [-0.1, -0.05) is 11.2 Å². The largest absolute Gasteiger partial charge is 0.493 e. The van der Waals surface area contributed by atoms with E-state index in [9.17, 15) is 9.90 Å². The molecule has 1 heterocycles. The minimum absolute atomic E-state index is 0.0731. The Morgan fingerprint density at radius 1 is 1.32 bits per heavy atom. The molecule has 0 spiro atoms. The van der Waals surface area contributed by atoms with E-state index in [1.165, 1.54) is 6.92 Å². The Labute approximate surface area is 146 Å². The molecule has 6 nitrogen and oxygen atoms in total. The van der Waals surface area contributed by atoms with Crippen molar-refractivity contribution >= 4 is 5.78 Å². The molecular formula is C19H23NO5. The molecule has 0 radical (unpaired) electrons. The molecular weight excluding hydrogens is 322 g/mol. The lowest BCUT2D eigenvalue weighted by Gasteiger charge is -2.40. The molecule has 3 atom stereocenters. The first-order valence-electron chi connectivity index (χ1n) is 8.20. The zero-order chi connectivity index (χ0) is 18.4. The van der Waals surface area contributed by atoms with Crippen molar-refractivity contribution in [3.05, 3.63) is 40.8 Å². The van der Waals surface area contributed by atoms with E-state index in [-0.39, 0.29) is 18.1 Å². The predicted octanol–water partition coefficient (Wildman–Crippen LogP) is 2.64. The van der Waals surface area contributed by atoms with Crippen LogP contribution in [0, 0.1) is 12.8 Å². The van der Waals surface area contributed by atoms with E-state index in [2.05, 4.69) is 5.16 Å². The number of rotatable bonds is 4. The standard InChI is InChI=1S/C19H23NO5/c1-10(21)18-17(12-6-7-14(23-4)15(8-12)24-5)16-11(2)25-20-13(16)9-19(18,3)22/h6-8,17-18,22H,9H2,1-5H3/t17-,18-,19-/m1/s1. The van der Waals surface area contributed by atoms with Gasteiger partial charge in [0, 0.05) is 17.9 Å². The first-order valence-corrected chi connectivity index (χ1v) is 8.20. The molecule has 3 rings (SSSR count). The smallest absolute Gasteiger partial charge is 0.161 e. The number of Topliss-reactive ketones (excluding diaryl/α,β-unsaturated/α-hetero) is 1. The van der Waals surface area contributed by atoms with Gasteiger partial charge >= 0.3 is 0 Å². The predicted molar refractivity (Wildman–Crippen MR) is 91.1 cm³/mol. The van der Waals surface area contributed by atoms with E-state index in [0.29, 0.717) is 23.0 Å². The highest BCUT2D eigenvalue weighted by molar-refractivity contribution is 5.82. The molecule has 0 bridgehead atoms. The summed E-state index contributed by atoms with van der Waals surface area (Å²) in [5.41, 5.74) is 1.21. The van der Waals surface area contributed by atoms with Crippen LogP contribution in [0.1, 0.15) is 42.3 Å². The highest BCUT2D eigenvalue weighted by atomic mass is 16.5. The van der Waals surface area contributed by atoms with Gasteiger partial charge in [-0.15, -0.1) is 0 Å². The zero-order valence-corrected chi connectivity index (χ0v) is 15.1. The molecule has 0 saturated carbocycles. The van der Waals surface area contributed by atoms with Crippen LogP contribution in [-0.2, 0) is 11.2 Å². The minimum Gasteiger partial charge on any atom is -0.493 e. The maximum absolute atomic E-state index is 12.5. The van der Waals surface area contributed by atoms with E-state index < -0.39 is 11.5 Å². The van der Waals surface area contributed by atoms with Gasteiger partial charge in [-0.25, -0.2) is 0 Å². The summed E-state index contributed by atoms with van der Waals surface area (Å²) < 4.78 is 16.1. The SMILES string of the molecule is COc1ccc([C@@H]2c3c(noc3C)C[C@@](C)(O)[C@@H]2C(C)=O)cc1OC. The van der Waals surface area contributed by atoms with Gasteiger partial charge in [-0.3, -0.25) is 4.79 Å². The van der Waals surface area contributed by atoms with Gasteiger partial charge in [0.25, 0.3) is 0 Å². The molecule has 25 heavy (non-hydrogen) atoms. The van der Waals surface area contributed by atoms with Crippen molar-refractivity contribution in [3.8, 4) is 11.5 Å². The Hall–Kier alpha value is -2.34. The molecule has 1 aliphatic rings. The van der Waals surface area contributed by atoms with Gasteiger partial charge in [0.05, 0.1) is 31.4 Å². The van der Waals surface area contributed by atoms with Crippen molar-refractivity contribution in [2.75, 3.05) is 14.2 Å². The zero-order valence-electron chi connectivity index (χ0n) is 15.1. The number of carbonyl (C=O) groups excluding carboxylic acids is 1. The van der Waals surface area contributed by atoms with Crippen LogP contribution in [0.25, 0.3) is 0 Å². The van der Waals surface area contributed by atoms with E-state index in [1.807, 2.05) is 19.1 Å². The van der Waals surface area contributed by atoms with Crippen LogP contribution in [0.4, 0.5) is 0 Å². The van der Waals surface area contributed by atoms with Crippen molar-refractivity contribution in [2.24, 2.45) is 5.92 Å². The minimum atomic E-state index is -1.21. The normalized spacial score (nSPS) is 25.4. The monoisotopic (exact) mass is 345 g/mol. The fraction of sp³-hybridized carbons (Fsp3) is 0.474. The Balaban J connectivity index is 2.23. The molecule has 0 amide bonds. The summed E-state index contributed by atoms with van der Waals surface area (Å²) >= 11 is 0. The lowest BCUT2D eigenvalue weighted by molar-refractivity contribution is -0.130. The van der Waals surface area contributed by atoms with Gasteiger partial charge in [0.15, 0.2) is 11.5 Å². The van der Waals surface area contributed by atoms with Crippen molar-refractivity contribution < 1.29 is 23.9 Å². The lowest BCUT2D eigenvalue weighted by Crippen LogP contribution is -2.48. The van der Waals surface area contributed by atoms with E-state index in [4.69, 9.17) is 14.0 Å². The van der Waals surface area contributed by atoms with Gasteiger partial charge in [-0.2, -0.15) is 0 Å². The number of carbonyl (C=O) groups is 1. The number of aromatic nitrogens is 1. The summed E-state index contributed by atoms with van der Waals surface area (Å²) in [6.45, 7) is 5.03. The van der Waals surface area contributed by atoms with Crippen LogP contribution < -0.4 is 9.47 Å². The number of hydrogen-bond donors (Lipinski definition) is 1. The van der Waals surface area contributed by atoms with Crippen molar-refractivity contribution in [2.45, 2.75) is 38.7 Å². The third-order valence-corrected chi connectivity index (χ3v) is 5.03. The van der Waals surface area contributed by atoms with Crippen molar-refractivity contribution in [3.63, 3.8) is 0 Å². The third kappa shape index (κ3) is 2.80.